The molecule has 0 aromatic carbocycles. The molecular formula is C5H12Cl3FeO. The molecule has 0 rings (SSSR count). The van der Waals surface area contributed by atoms with E-state index in [4.69, 9.17) is 5.11 Å². The third-order valence-electron chi connectivity index (χ3n) is 0.865. The van der Waals surface area contributed by atoms with Crippen LogP contribution in [0.5, 0.6) is 0 Å². The van der Waals surface area contributed by atoms with Gasteiger partial charge in [0.25, 0.3) is 0 Å². The average Bonchev–Trinajstić information content (AvgIpc) is 1.35. The molecule has 0 amide bonds. The smallest absolute Gasteiger partial charge is 1.00 e. The maximum atomic E-state index is 8.83. The fourth-order valence-corrected chi connectivity index (χ4v) is 0. The van der Waals surface area contributed by atoms with Gasteiger partial charge in [-0.3, -0.25) is 0 Å². The van der Waals surface area contributed by atoms with Gasteiger partial charge in [0, 0.05) is 0 Å². The van der Waals surface area contributed by atoms with Crippen molar-refractivity contribution in [3.63, 3.8) is 0 Å². The molecular weight excluding hydrogens is 238 g/mol. The maximum Gasteiger partial charge on any atom is 3.00 e. The number of rotatable bonds is 1. The average molecular weight is 250 g/mol. The molecule has 0 aromatic heterocycles. The first-order chi connectivity index (χ1) is 2.56. The number of halogens is 3. The molecule has 0 aliphatic carbocycles. The first kappa shape index (κ1) is 30.2. The molecule has 0 aromatic rings. The summed E-state index contributed by atoms with van der Waals surface area (Å²) < 4.78 is 0. The van der Waals surface area contributed by atoms with Crippen LogP contribution in [0.1, 0.15) is 27.2 Å². The van der Waals surface area contributed by atoms with Crippen molar-refractivity contribution < 1.29 is 59.4 Å². The Bertz CT molecular complexity index is 46.6. The van der Waals surface area contributed by atoms with Gasteiger partial charge in [-0.1, -0.05) is 6.92 Å². The van der Waals surface area contributed by atoms with Crippen molar-refractivity contribution in [2.24, 2.45) is 0 Å². The van der Waals surface area contributed by atoms with Gasteiger partial charge in [0.05, 0.1) is 5.60 Å². The predicted molar refractivity (Wildman–Crippen MR) is 26.6 cm³/mol. The van der Waals surface area contributed by atoms with E-state index in [1.165, 1.54) is 0 Å². The van der Waals surface area contributed by atoms with Crippen LogP contribution in [0.2, 0.25) is 0 Å². The molecule has 1 radical (unpaired) electrons. The van der Waals surface area contributed by atoms with Crippen LogP contribution in [0.25, 0.3) is 0 Å². The van der Waals surface area contributed by atoms with Gasteiger partial charge in [-0.25, -0.2) is 0 Å². The second-order valence-corrected chi connectivity index (χ2v) is 2.17. The minimum atomic E-state index is -0.458. The molecule has 0 fully saturated rings. The molecule has 0 saturated heterocycles. The van der Waals surface area contributed by atoms with Crippen LogP contribution in [0.15, 0.2) is 0 Å². The van der Waals surface area contributed by atoms with Crippen molar-refractivity contribution in [3.05, 3.63) is 0 Å². The molecule has 0 spiro atoms. The summed E-state index contributed by atoms with van der Waals surface area (Å²) in [6, 6.07) is 0. The van der Waals surface area contributed by atoms with Crippen LogP contribution < -0.4 is 37.2 Å². The molecule has 0 unspecified atom stereocenters. The van der Waals surface area contributed by atoms with Crippen molar-refractivity contribution in [3.8, 4) is 0 Å². The van der Waals surface area contributed by atoms with E-state index >= 15 is 0 Å². The van der Waals surface area contributed by atoms with Crippen LogP contribution in [0, 0.1) is 0 Å². The fourth-order valence-electron chi connectivity index (χ4n) is 0. The molecule has 1 nitrogen and oxygen atoms in total. The van der Waals surface area contributed by atoms with E-state index in [9.17, 15) is 0 Å². The van der Waals surface area contributed by atoms with Crippen LogP contribution in [0.4, 0.5) is 0 Å². The molecule has 0 heterocycles. The van der Waals surface area contributed by atoms with Crippen LogP contribution in [0.3, 0.4) is 0 Å². The Hall–Kier alpha value is 1.35. The second kappa shape index (κ2) is 13.0. The van der Waals surface area contributed by atoms with E-state index in [0.717, 1.165) is 6.42 Å². The van der Waals surface area contributed by atoms with Crippen LogP contribution in [-0.2, 0) is 17.1 Å². The number of hydrogen-bond donors (Lipinski definition) is 1. The number of hydrogen-bond acceptors (Lipinski definition) is 1. The van der Waals surface area contributed by atoms with Gasteiger partial charge in [-0.2, -0.15) is 0 Å². The fraction of sp³-hybridized carbons (Fsp3) is 1.00. The molecule has 5 heteroatoms. The van der Waals surface area contributed by atoms with E-state index in [0.29, 0.717) is 0 Å². The summed E-state index contributed by atoms with van der Waals surface area (Å²) in [6.07, 6.45) is 0.826. The van der Waals surface area contributed by atoms with Gasteiger partial charge in [0.1, 0.15) is 0 Å². The standard InChI is InChI=1S/C5H12O.3ClH.Fe/c1-4-5(2,3)6;;;;/h6H,4H2,1-3H3;3*1H;/q;;;;+3/p-3. The Labute approximate surface area is 92.0 Å². The van der Waals surface area contributed by atoms with Gasteiger partial charge >= 0.3 is 17.1 Å². The van der Waals surface area contributed by atoms with Crippen molar-refractivity contribution in [2.45, 2.75) is 32.8 Å². The van der Waals surface area contributed by atoms with Crippen molar-refractivity contribution in [1.82, 2.24) is 0 Å². The molecule has 0 saturated carbocycles. The first-order valence-corrected chi connectivity index (χ1v) is 2.28. The summed E-state index contributed by atoms with van der Waals surface area (Å²) in [5, 5.41) is 8.83. The largest absolute Gasteiger partial charge is 3.00 e. The summed E-state index contributed by atoms with van der Waals surface area (Å²) in [4.78, 5) is 0. The third kappa shape index (κ3) is 34.5. The Morgan fingerprint density at radius 1 is 1.10 bits per heavy atom. The summed E-state index contributed by atoms with van der Waals surface area (Å²) in [5.41, 5.74) is -0.458. The van der Waals surface area contributed by atoms with E-state index in [-0.39, 0.29) is 54.3 Å². The minimum Gasteiger partial charge on any atom is -1.00 e. The predicted octanol–water partition coefficient (Wildman–Crippen LogP) is -7.82. The molecule has 0 aliphatic heterocycles. The molecule has 10 heavy (non-hydrogen) atoms. The van der Waals surface area contributed by atoms with Crippen LogP contribution in [-0.4, -0.2) is 10.7 Å². The first-order valence-electron chi connectivity index (χ1n) is 2.28. The Morgan fingerprint density at radius 3 is 1.20 bits per heavy atom. The van der Waals surface area contributed by atoms with Gasteiger partial charge in [-0.15, -0.1) is 0 Å². The Kier molecular flexibility index (Phi) is 39.1. The zero-order valence-electron chi connectivity index (χ0n) is 6.14. The molecule has 67 valence electrons. The second-order valence-electron chi connectivity index (χ2n) is 2.17. The SMILES string of the molecule is CCC(C)(C)O.[Cl-].[Cl-].[Cl-].[Fe+3]. The zero-order chi connectivity index (χ0) is 5.21. The maximum absolute atomic E-state index is 8.83. The Balaban J connectivity index is -0.0000000208. The minimum absolute atomic E-state index is 0. The van der Waals surface area contributed by atoms with Gasteiger partial charge in [0.2, 0.25) is 0 Å². The number of aliphatic hydroxyl groups is 1. The molecule has 0 atom stereocenters. The normalized spacial score (nSPS) is 7.20. The van der Waals surface area contributed by atoms with Gasteiger partial charge in [-0.05, 0) is 20.3 Å². The third-order valence-corrected chi connectivity index (χ3v) is 0.865. The topological polar surface area (TPSA) is 20.2 Å². The summed E-state index contributed by atoms with van der Waals surface area (Å²) >= 11 is 0. The van der Waals surface area contributed by atoms with Gasteiger partial charge in [0.15, 0.2) is 0 Å². The molecule has 1 N–H and O–H groups in total. The van der Waals surface area contributed by atoms with E-state index in [2.05, 4.69) is 0 Å². The van der Waals surface area contributed by atoms with Crippen LogP contribution >= 0.6 is 0 Å². The monoisotopic (exact) mass is 249 g/mol. The van der Waals surface area contributed by atoms with Crippen molar-refractivity contribution >= 4 is 0 Å². The summed E-state index contributed by atoms with van der Waals surface area (Å²) in [5.74, 6) is 0. The molecule has 0 bridgehead atoms. The van der Waals surface area contributed by atoms with Gasteiger partial charge < -0.3 is 42.3 Å². The van der Waals surface area contributed by atoms with E-state index in [1.54, 1.807) is 13.8 Å². The summed E-state index contributed by atoms with van der Waals surface area (Å²) in [6.45, 7) is 5.56. The van der Waals surface area contributed by atoms with Crippen molar-refractivity contribution in [2.75, 3.05) is 0 Å². The van der Waals surface area contributed by atoms with E-state index < -0.39 is 5.60 Å². The summed E-state index contributed by atoms with van der Waals surface area (Å²) in [7, 11) is 0. The zero-order valence-corrected chi connectivity index (χ0v) is 9.51. The van der Waals surface area contributed by atoms with E-state index in [1.807, 2.05) is 6.92 Å². The quantitative estimate of drug-likeness (QED) is 0.459. The van der Waals surface area contributed by atoms with Crippen molar-refractivity contribution in [1.29, 1.82) is 0 Å². The Morgan fingerprint density at radius 2 is 1.20 bits per heavy atom. The molecule has 0 aliphatic rings.